The Morgan fingerprint density at radius 3 is 2.82 bits per heavy atom. The molecule has 28 heavy (non-hydrogen) atoms. The van der Waals surface area contributed by atoms with E-state index in [1.807, 2.05) is 6.08 Å². The van der Waals surface area contributed by atoms with Crippen molar-refractivity contribution in [2.75, 3.05) is 0 Å². The average Bonchev–Trinajstić information content (AvgIpc) is 2.94. The van der Waals surface area contributed by atoms with Crippen molar-refractivity contribution in [2.45, 2.75) is 78.9 Å². The lowest BCUT2D eigenvalue weighted by Crippen LogP contribution is -2.43. The van der Waals surface area contributed by atoms with E-state index in [4.69, 9.17) is 4.74 Å². The highest BCUT2D eigenvalue weighted by atomic mass is 16.6. The van der Waals surface area contributed by atoms with Crippen LogP contribution in [0.2, 0.25) is 0 Å². The Balaban J connectivity index is 1.84. The van der Waals surface area contributed by atoms with Crippen LogP contribution in [0.5, 0.6) is 0 Å². The SMILES string of the molecule is C=C(C)CCC[C@]1(C)CCC[C@@H]2C1=CC[C@@H](C)[C@]2(C)/C=C/C1=CC(=O)OC1O. The van der Waals surface area contributed by atoms with Gasteiger partial charge in [0.25, 0.3) is 0 Å². The standard InChI is InChI=1S/C25H36O3/c1-17(2)8-6-13-24(4)14-7-9-21-20(24)11-10-18(3)25(21,5)15-12-19-16-22(26)28-23(19)27/h11-12,15-16,18,21,23,27H,1,6-10,13-14H2,2-5H3/b15-12+/t18-,21-,23?,24-,25+/m1/s1. The fourth-order valence-electron chi connectivity index (χ4n) is 5.51. The van der Waals surface area contributed by atoms with Gasteiger partial charge in [0, 0.05) is 11.6 Å². The average molecular weight is 385 g/mol. The van der Waals surface area contributed by atoms with Gasteiger partial charge in [0.05, 0.1) is 0 Å². The quantitative estimate of drug-likeness (QED) is 0.460. The number of aliphatic hydroxyl groups is 1. The summed E-state index contributed by atoms with van der Waals surface area (Å²) in [7, 11) is 0. The molecule has 3 heteroatoms. The van der Waals surface area contributed by atoms with E-state index in [-0.39, 0.29) is 10.8 Å². The maximum absolute atomic E-state index is 11.4. The van der Waals surface area contributed by atoms with Crippen LogP contribution in [-0.4, -0.2) is 17.4 Å². The molecule has 3 rings (SSSR count). The van der Waals surface area contributed by atoms with Gasteiger partial charge in [-0.2, -0.15) is 0 Å². The summed E-state index contributed by atoms with van der Waals surface area (Å²) in [6.07, 6.45) is 15.3. The maximum atomic E-state index is 11.4. The van der Waals surface area contributed by atoms with Crippen LogP contribution in [0, 0.1) is 22.7 Å². The number of hydrogen-bond donors (Lipinski definition) is 1. The van der Waals surface area contributed by atoms with Gasteiger partial charge in [-0.05, 0) is 68.1 Å². The Hall–Kier alpha value is -1.61. The molecule has 1 aliphatic heterocycles. The van der Waals surface area contributed by atoms with Crippen LogP contribution in [0.3, 0.4) is 0 Å². The van der Waals surface area contributed by atoms with E-state index < -0.39 is 12.3 Å². The third kappa shape index (κ3) is 4.05. The first kappa shape index (κ1) is 21.1. The van der Waals surface area contributed by atoms with Crippen molar-refractivity contribution in [1.29, 1.82) is 0 Å². The normalized spacial score (nSPS) is 38.0. The van der Waals surface area contributed by atoms with Crippen molar-refractivity contribution in [3.8, 4) is 0 Å². The maximum Gasteiger partial charge on any atom is 0.333 e. The molecule has 0 aromatic heterocycles. The number of hydrogen-bond acceptors (Lipinski definition) is 3. The molecular formula is C25H36O3. The third-order valence-corrected chi connectivity index (χ3v) is 7.56. The zero-order valence-electron chi connectivity index (χ0n) is 18.0. The predicted molar refractivity (Wildman–Crippen MR) is 113 cm³/mol. The zero-order chi connectivity index (χ0) is 20.5. The number of carbonyl (C=O) groups excluding carboxylic acids is 1. The van der Waals surface area contributed by atoms with Crippen LogP contribution in [-0.2, 0) is 9.53 Å². The molecule has 1 saturated carbocycles. The van der Waals surface area contributed by atoms with E-state index in [0.717, 1.165) is 12.8 Å². The van der Waals surface area contributed by atoms with E-state index in [0.29, 0.717) is 17.4 Å². The summed E-state index contributed by atoms with van der Waals surface area (Å²) in [5.74, 6) is 0.579. The Labute approximate surface area is 170 Å². The van der Waals surface area contributed by atoms with E-state index in [2.05, 4.69) is 46.4 Å². The second-order valence-electron chi connectivity index (χ2n) is 9.75. The lowest BCUT2D eigenvalue weighted by atomic mass is 9.52. The molecule has 1 N–H and O–H groups in total. The van der Waals surface area contributed by atoms with Crippen LogP contribution < -0.4 is 0 Å². The second kappa shape index (κ2) is 8.02. The summed E-state index contributed by atoms with van der Waals surface area (Å²) in [6.45, 7) is 13.3. The Morgan fingerprint density at radius 2 is 2.18 bits per heavy atom. The lowest BCUT2D eigenvalue weighted by Gasteiger charge is -2.53. The Kier molecular flexibility index (Phi) is 6.05. The molecule has 0 spiro atoms. The number of esters is 1. The van der Waals surface area contributed by atoms with E-state index in [1.54, 1.807) is 5.57 Å². The summed E-state index contributed by atoms with van der Waals surface area (Å²) in [5.41, 5.74) is 3.77. The highest BCUT2D eigenvalue weighted by Gasteiger charge is 2.48. The molecule has 5 atom stereocenters. The van der Waals surface area contributed by atoms with Gasteiger partial charge in [-0.1, -0.05) is 56.6 Å². The summed E-state index contributed by atoms with van der Waals surface area (Å²) in [4.78, 5) is 11.4. The van der Waals surface area contributed by atoms with Crippen LogP contribution in [0.1, 0.15) is 72.6 Å². The summed E-state index contributed by atoms with van der Waals surface area (Å²) >= 11 is 0. The Morgan fingerprint density at radius 1 is 1.43 bits per heavy atom. The van der Waals surface area contributed by atoms with Gasteiger partial charge in [-0.15, -0.1) is 6.58 Å². The largest absolute Gasteiger partial charge is 0.428 e. The molecule has 2 aliphatic carbocycles. The molecule has 0 amide bonds. The molecule has 3 aliphatic rings. The highest BCUT2D eigenvalue weighted by Crippen LogP contribution is 2.58. The number of carbonyl (C=O) groups is 1. The molecular weight excluding hydrogens is 348 g/mol. The van der Waals surface area contributed by atoms with Crippen LogP contribution in [0.15, 0.2) is 47.6 Å². The molecule has 0 aromatic rings. The minimum Gasteiger partial charge on any atom is -0.428 e. The number of allylic oxidation sites excluding steroid dienone is 4. The van der Waals surface area contributed by atoms with Crippen molar-refractivity contribution in [3.63, 3.8) is 0 Å². The summed E-state index contributed by atoms with van der Waals surface area (Å²) < 4.78 is 4.83. The van der Waals surface area contributed by atoms with Crippen LogP contribution in [0.25, 0.3) is 0 Å². The lowest BCUT2D eigenvalue weighted by molar-refractivity contribution is -0.150. The van der Waals surface area contributed by atoms with Gasteiger partial charge >= 0.3 is 5.97 Å². The van der Waals surface area contributed by atoms with Crippen molar-refractivity contribution in [3.05, 3.63) is 47.6 Å². The number of aliphatic hydroxyl groups excluding tert-OH is 1. The zero-order valence-corrected chi connectivity index (χ0v) is 18.0. The molecule has 1 fully saturated rings. The first-order chi connectivity index (χ1) is 13.2. The van der Waals surface area contributed by atoms with Crippen molar-refractivity contribution in [2.24, 2.45) is 22.7 Å². The molecule has 1 heterocycles. The minimum atomic E-state index is -1.12. The molecule has 0 saturated heterocycles. The smallest absolute Gasteiger partial charge is 0.333 e. The van der Waals surface area contributed by atoms with Crippen molar-refractivity contribution < 1.29 is 14.6 Å². The van der Waals surface area contributed by atoms with Crippen molar-refractivity contribution >= 4 is 5.97 Å². The highest BCUT2D eigenvalue weighted by molar-refractivity contribution is 5.86. The van der Waals surface area contributed by atoms with Gasteiger partial charge in [0.1, 0.15) is 0 Å². The van der Waals surface area contributed by atoms with Gasteiger partial charge < -0.3 is 9.84 Å². The van der Waals surface area contributed by atoms with E-state index >= 15 is 0 Å². The van der Waals surface area contributed by atoms with Crippen LogP contribution >= 0.6 is 0 Å². The predicted octanol–water partition coefficient (Wildman–Crippen LogP) is 5.87. The minimum absolute atomic E-state index is 0.0202. The molecule has 0 bridgehead atoms. The van der Waals surface area contributed by atoms with Gasteiger partial charge in [0.15, 0.2) is 0 Å². The Bertz CT molecular complexity index is 728. The molecule has 0 aromatic carbocycles. The van der Waals surface area contributed by atoms with Crippen LogP contribution in [0.4, 0.5) is 0 Å². The van der Waals surface area contributed by atoms with Crippen molar-refractivity contribution in [1.82, 2.24) is 0 Å². The fourth-order valence-corrected chi connectivity index (χ4v) is 5.51. The summed E-state index contributed by atoms with van der Waals surface area (Å²) in [5, 5.41) is 9.92. The molecule has 154 valence electrons. The third-order valence-electron chi connectivity index (χ3n) is 7.56. The number of cyclic esters (lactones) is 1. The summed E-state index contributed by atoms with van der Waals surface area (Å²) in [6, 6.07) is 0. The fraction of sp³-hybridized carbons (Fsp3) is 0.640. The number of ether oxygens (including phenoxy) is 1. The van der Waals surface area contributed by atoms with E-state index in [1.165, 1.54) is 43.8 Å². The molecule has 3 nitrogen and oxygen atoms in total. The van der Waals surface area contributed by atoms with Gasteiger partial charge in [-0.3, -0.25) is 0 Å². The first-order valence-electron chi connectivity index (χ1n) is 10.8. The van der Waals surface area contributed by atoms with Gasteiger partial charge in [-0.25, -0.2) is 4.79 Å². The van der Waals surface area contributed by atoms with Gasteiger partial charge in [0.2, 0.25) is 6.29 Å². The second-order valence-corrected chi connectivity index (χ2v) is 9.75. The topological polar surface area (TPSA) is 46.5 Å². The molecule has 1 unspecified atom stereocenters. The number of rotatable bonds is 6. The van der Waals surface area contributed by atoms with E-state index in [9.17, 15) is 9.90 Å². The first-order valence-corrected chi connectivity index (χ1v) is 10.8. The number of fused-ring (bicyclic) bond motifs is 1. The monoisotopic (exact) mass is 384 g/mol. The molecule has 0 radical (unpaired) electrons.